The second kappa shape index (κ2) is 23.7. The minimum atomic E-state index is -3.51. The monoisotopic (exact) mass is 1120 g/mol. The molecule has 0 fully saturated rings. The van der Waals surface area contributed by atoms with E-state index in [9.17, 15) is 27.6 Å². The number of ether oxygens (including phenoxy) is 4. The van der Waals surface area contributed by atoms with Crippen molar-refractivity contribution >= 4 is 62.9 Å². The number of benzene rings is 2. The van der Waals surface area contributed by atoms with Gasteiger partial charge in [-0.05, 0) is 133 Å². The minimum Gasteiger partial charge on any atom is -0.472 e. The molecule has 0 amide bonds. The number of hydrogen-bond donors (Lipinski definition) is 4. The zero-order chi connectivity index (χ0) is 50.8. The van der Waals surface area contributed by atoms with E-state index in [1.807, 2.05) is 44.2 Å². The predicted molar refractivity (Wildman–Crippen MR) is 275 cm³/mol. The Bertz CT molecular complexity index is 3090. The summed E-state index contributed by atoms with van der Waals surface area (Å²) < 4.78 is 63.2. The van der Waals surface area contributed by atoms with Gasteiger partial charge in [-0.1, -0.05) is 36.4 Å². The van der Waals surface area contributed by atoms with Gasteiger partial charge in [-0.25, -0.2) is 8.42 Å². The Morgan fingerprint density at radius 3 is 1.61 bits per heavy atom. The molecule has 70 heavy (non-hydrogen) atoms. The number of rotatable bonds is 24. The van der Waals surface area contributed by atoms with E-state index in [0.717, 1.165) is 45.2 Å². The first kappa shape index (κ1) is 54.0. The SMILES string of the molecule is C=S(C)(=O)c1cncc(COc2nc(OCc3cccc(-c4cccc(COc5nc(OCc6cncc(S(C)(=O)=O)c6)c(CN[C@](C)(CO)C(C)=O)cc5Br)c4C)c3C)c(Br)cc2CNCCO)c1. The van der Waals surface area contributed by atoms with Crippen LogP contribution < -0.4 is 29.6 Å². The molecule has 4 aromatic heterocycles. The topological polar surface area (TPSA) is 221 Å². The molecule has 20 heteroatoms. The van der Waals surface area contributed by atoms with E-state index in [4.69, 9.17) is 28.9 Å². The van der Waals surface area contributed by atoms with Crippen molar-refractivity contribution < 1.29 is 46.6 Å². The number of aliphatic hydroxyl groups excluding tert-OH is 2. The second-order valence-corrected chi connectivity index (χ2v) is 23.2. The Kier molecular flexibility index (Phi) is 18.3. The van der Waals surface area contributed by atoms with Crippen molar-refractivity contribution in [1.29, 1.82) is 0 Å². The summed E-state index contributed by atoms with van der Waals surface area (Å²) >= 11 is 7.23. The summed E-state index contributed by atoms with van der Waals surface area (Å²) in [5.74, 6) is 4.55. The van der Waals surface area contributed by atoms with Gasteiger partial charge in [0.1, 0.15) is 26.4 Å². The van der Waals surface area contributed by atoms with Crippen LogP contribution in [0, 0.1) is 13.8 Å². The molecule has 4 N–H and O–H groups in total. The Labute approximate surface area is 425 Å². The Balaban J connectivity index is 1.21. The highest BCUT2D eigenvalue weighted by Crippen LogP contribution is 2.35. The highest BCUT2D eigenvalue weighted by atomic mass is 79.9. The van der Waals surface area contributed by atoms with Gasteiger partial charge in [0.2, 0.25) is 23.5 Å². The van der Waals surface area contributed by atoms with Gasteiger partial charge in [0.25, 0.3) is 0 Å². The van der Waals surface area contributed by atoms with Gasteiger partial charge in [0, 0.05) is 84.1 Å². The van der Waals surface area contributed by atoms with E-state index < -0.39 is 31.5 Å². The molecule has 1 unspecified atom stereocenters. The zero-order valence-corrected chi connectivity index (χ0v) is 44.5. The fourth-order valence-electron chi connectivity index (χ4n) is 6.96. The number of aromatic nitrogens is 4. The number of carbonyl (C=O) groups is 1. The molecule has 372 valence electrons. The molecular weight excluding hydrogens is 1070 g/mol. The number of nitrogens with zero attached hydrogens (tertiary/aromatic N) is 4. The van der Waals surface area contributed by atoms with Crippen LogP contribution in [0.5, 0.6) is 23.5 Å². The van der Waals surface area contributed by atoms with Gasteiger partial charge in [-0.3, -0.25) is 24.3 Å². The molecule has 2 aromatic carbocycles. The molecule has 0 aliphatic carbocycles. The number of nitrogens with one attached hydrogen (secondary N) is 2. The largest absolute Gasteiger partial charge is 0.472 e. The van der Waals surface area contributed by atoms with Crippen molar-refractivity contribution in [3.05, 3.63) is 139 Å². The standard InChI is InChI=1S/C50H56Br2N6O10S2/c1-31-36(28-67-48-44(51)18-38(22-53-14-15-59)46(57-48)65-26-34-16-40(24-54-20-34)69(5,6)62)10-8-12-42(31)43-13-9-11-37(32(43)2)29-68-49-45(52)19-39(23-56-50(4,30-60)33(3)61)47(58-49)66-27-35-17-41(25-55-21-35)70(7,63)64/h8-13,16-21,24-25,53,56,59-60H,5,14-15,22-23,26-30H2,1-4,6-7H3/t50-,69?/m1/s1. The third-order valence-corrected chi connectivity index (χ3v) is 14.9. The maximum absolute atomic E-state index is 12.6. The average Bonchev–Trinajstić information content (AvgIpc) is 3.32. The first-order valence-electron chi connectivity index (χ1n) is 21.9. The summed E-state index contributed by atoms with van der Waals surface area (Å²) in [4.78, 5) is 30.7. The fraction of sp³-hybridized carbons (Fsp3) is 0.320. The summed E-state index contributed by atoms with van der Waals surface area (Å²) in [5.41, 5.74) is 7.06. The number of hydrogen-bond acceptors (Lipinski definition) is 16. The van der Waals surface area contributed by atoms with E-state index in [2.05, 4.69) is 70.5 Å². The Hall–Kier alpha value is -5.32. The van der Waals surface area contributed by atoms with Crippen LogP contribution in [0.15, 0.2) is 104 Å². The molecule has 0 radical (unpaired) electrons. The lowest BCUT2D eigenvalue weighted by Crippen LogP contribution is -2.51. The van der Waals surface area contributed by atoms with E-state index in [-0.39, 0.29) is 62.0 Å². The van der Waals surface area contributed by atoms with Crippen LogP contribution in [0.4, 0.5) is 0 Å². The number of sulfone groups is 1. The highest BCUT2D eigenvalue weighted by molar-refractivity contribution is 9.11. The van der Waals surface area contributed by atoms with Crippen molar-refractivity contribution in [1.82, 2.24) is 30.6 Å². The lowest BCUT2D eigenvalue weighted by molar-refractivity contribution is -0.124. The van der Waals surface area contributed by atoms with Gasteiger partial charge < -0.3 is 34.5 Å². The van der Waals surface area contributed by atoms with Crippen LogP contribution >= 0.6 is 31.9 Å². The van der Waals surface area contributed by atoms with Crippen LogP contribution in [-0.2, 0) is 63.7 Å². The van der Waals surface area contributed by atoms with E-state index in [0.29, 0.717) is 55.4 Å². The molecule has 0 saturated heterocycles. The second-order valence-electron chi connectivity index (χ2n) is 16.9. The Morgan fingerprint density at radius 2 is 1.16 bits per heavy atom. The molecule has 16 nitrogen and oxygen atoms in total. The third kappa shape index (κ3) is 14.0. The quantitative estimate of drug-likeness (QED) is 0.0354. The molecule has 4 heterocycles. The summed E-state index contributed by atoms with van der Waals surface area (Å²) in [6.45, 7) is 7.82. The molecule has 0 bridgehead atoms. The van der Waals surface area contributed by atoms with Gasteiger partial charge in [-0.2, -0.15) is 9.97 Å². The molecule has 0 spiro atoms. The van der Waals surface area contributed by atoms with Crippen LogP contribution in [0.25, 0.3) is 11.1 Å². The number of halogens is 2. The molecule has 2 atom stereocenters. The predicted octanol–water partition coefficient (Wildman–Crippen LogP) is 7.01. The Morgan fingerprint density at radius 1 is 0.686 bits per heavy atom. The maximum Gasteiger partial charge on any atom is 0.231 e. The highest BCUT2D eigenvalue weighted by Gasteiger charge is 2.29. The van der Waals surface area contributed by atoms with Crippen LogP contribution in [0.2, 0.25) is 0 Å². The maximum atomic E-state index is 12.6. The molecule has 6 aromatic rings. The van der Waals surface area contributed by atoms with Crippen LogP contribution in [-0.4, -0.2) is 92.2 Å². The molecule has 0 aliphatic heterocycles. The first-order chi connectivity index (χ1) is 33.2. The van der Waals surface area contributed by atoms with E-state index >= 15 is 0 Å². The third-order valence-electron chi connectivity index (χ3n) is 11.5. The molecule has 0 aliphatic rings. The summed E-state index contributed by atoms with van der Waals surface area (Å²) in [5, 5.41) is 25.7. The van der Waals surface area contributed by atoms with Crippen LogP contribution in [0.3, 0.4) is 0 Å². The normalized spacial score (nSPS) is 13.3. The zero-order valence-electron chi connectivity index (χ0n) is 39.7. The van der Waals surface area contributed by atoms with Crippen molar-refractivity contribution in [3.63, 3.8) is 0 Å². The first-order valence-corrected chi connectivity index (χ1v) is 27.5. The van der Waals surface area contributed by atoms with Crippen molar-refractivity contribution in [2.75, 3.05) is 32.3 Å². The summed E-state index contributed by atoms with van der Waals surface area (Å²) in [6, 6.07) is 18.9. The molecular formula is C50H56Br2N6O10S2. The number of Topliss-reactive ketones (excluding diaryl/α,β-unsaturated/α-hetero) is 1. The smallest absolute Gasteiger partial charge is 0.231 e. The average molecular weight is 1120 g/mol. The molecule has 6 rings (SSSR count). The lowest BCUT2D eigenvalue weighted by Gasteiger charge is -2.26. The van der Waals surface area contributed by atoms with Gasteiger partial charge >= 0.3 is 0 Å². The summed E-state index contributed by atoms with van der Waals surface area (Å²) in [7, 11) is -5.99. The number of aliphatic hydroxyl groups is 2. The van der Waals surface area contributed by atoms with Crippen molar-refractivity contribution in [2.45, 2.75) is 82.5 Å². The van der Waals surface area contributed by atoms with Gasteiger partial charge in [0.05, 0.1) is 32.6 Å². The van der Waals surface area contributed by atoms with Crippen molar-refractivity contribution in [3.8, 4) is 34.6 Å². The fourth-order valence-corrected chi connectivity index (χ4v) is 9.22. The van der Waals surface area contributed by atoms with E-state index in [1.165, 1.54) is 31.6 Å². The van der Waals surface area contributed by atoms with Gasteiger partial charge in [0.15, 0.2) is 15.6 Å². The summed E-state index contributed by atoms with van der Waals surface area (Å²) in [6.07, 6.45) is 8.60. The number of pyridine rings is 4. The van der Waals surface area contributed by atoms with Crippen molar-refractivity contribution in [2.24, 2.45) is 0 Å². The number of ketones is 1. The number of carbonyl (C=O) groups excluding carboxylic acids is 1. The van der Waals surface area contributed by atoms with Crippen LogP contribution in [0.1, 0.15) is 58.4 Å². The van der Waals surface area contributed by atoms with E-state index in [1.54, 1.807) is 31.5 Å². The van der Waals surface area contributed by atoms with Gasteiger partial charge in [-0.15, -0.1) is 0 Å². The molecule has 0 saturated carbocycles. The lowest BCUT2D eigenvalue weighted by atomic mass is 9.92. The minimum absolute atomic E-state index is 0.0334.